The fraction of sp³-hybridized carbons (Fsp3) is 0.588. The molecule has 2 atom stereocenters. The van der Waals surface area contributed by atoms with Crippen LogP contribution in [-0.4, -0.2) is 43.0 Å². The molecular formula is C17H25N3O. The number of fused-ring (bicyclic) bond motifs is 1. The summed E-state index contributed by atoms with van der Waals surface area (Å²) in [5.74, 6) is 0.223. The number of rotatable bonds is 3. The number of hydrogen-bond acceptors (Lipinski definition) is 3. The number of likely N-dealkylation sites (tertiary alicyclic amines) is 1. The van der Waals surface area contributed by atoms with Gasteiger partial charge in [0.1, 0.15) is 0 Å². The molecule has 0 spiro atoms. The Morgan fingerprint density at radius 2 is 2.14 bits per heavy atom. The number of benzene rings is 1. The van der Waals surface area contributed by atoms with Gasteiger partial charge in [0.05, 0.1) is 6.04 Å². The molecule has 0 saturated carbocycles. The Balaban J connectivity index is 1.72. The van der Waals surface area contributed by atoms with Crippen molar-refractivity contribution in [2.75, 3.05) is 31.1 Å². The lowest BCUT2D eigenvalue weighted by molar-refractivity contribution is -0.122. The Labute approximate surface area is 126 Å². The van der Waals surface area contributed by atoms with Crippen molar-refractivity contribution >= 4 is 11.6 Å². The van der Waals surface area contributed by atoms with Crippen LogP contribution in [0, 0.1) is 5.41 Å². The summed E-state index contributed by atoms with van der Waals surface area (Å²) in [7, 11) is 0. The van der Waals surface area contributed by atoms with Crippen LogP contribution in [0.15, 0.2) is 24.3 Å². The van der Waals surface area contributed by atoms with Crippen LogP contribution < -0.4 is 10.6 Å². The predicted molar refractivity (Wildman–Crippen MR) is 85.3 cm³/mol. The van der Waals surface area contributed by atoms with Crippen molar-refractivity contribution in [3.8, 4) is 0 Å². The molecule has 4 nitrogen and oxygen atoms in total. The molecule has 2 unspecified atom stereocenters. The van der Waals surface area contributed by atoms with E-state index in [-0.39, 0.29) is 17.4 Å². The molecule has 114 valence electrons. The highest BCUT2D eigenvalue weighted by Gasteiger charge is 2.38. The zero-order valence-electron chi connectivity index (χ0n) is 13.0. The van der Waals surface area contributed by atoms with Crippen molar-refractivity contribution in [2.45, 2.75) is 32.7 Å². The maximum Gasteiger partial charge on any atom is 0.244 e. The van der Waals surface area contributed by atoms with E-state index < -0.39 is 0 Å². The summed E-state index contributed by atoms with van der Waals surface area (Å²) in [6.07, 6.45) is 2.05. The van der Waals surface area contributed by atoms with Gasteiger partial charge >= 0.3 is 0 Å². The third-order valence-electron chi connectivity index (χ3n) is 5.14. The van der Waals surface area contributed by atoms with Gasteiger partial charge in [0, 0.05) is 18.8 Å². The van der Waals surface area contributed by atoms with Crippen LogP contribution in [0.2, 0.25) is 0 Å². The highest BCUT2D eigenvalue weighted by molar-refractivity contribution is 5.98. The number of nitrogens with zero attached hydrogens (tertiary/aromatic N) is 2. The van der Waals surface area contributed by atoms with Gasteiger partial charge in [0.25, 0.3) is 0 Å². The van der Waals surface area contributed by atoms with E-state index in [2.05, 4.69) is 24.0 Å². The van der Waals surface area contributed by atoms with Crippen molar-refractivity contribution in [3.05, 3.63) is 29.8 Å². The summed E-state index contributed by atoms with van der Waals surface area (Å²) in [6, 6.07) is 8.17. The van der Waals surface area contributed by atoms with Crippen LogP contribution in [-0.2, 0) is 11.2 Å². The van der Waals surface area contributed by atoms with Crippen molar-refractivity contribution in [1.82, 2.24) is 4.90 Å². The molecule has 21 heavy (non-hydrogen) atoms. The van der Waals surface area contributed by atoms with Crippen LogP contribution in [0.4, 0.5) is 5.69 Å². The molecule has 0 aromatic heterocycles. The summed E-state index contributed by atoms with van der Waals surface area (Å²) in [5, 5.41) is 0. The molecule has 1 saturated heterocycles. The van der Waals surface area contributed by atoms with Crippen LogP contribution in [0.5, 0.6) is 0 Å². The smallest absolute Gasteiger partial charge is 0.244 e. The van der Waals surface area contributed by atoms with Gasteiger partial charge in [0.15, 0.2) is 0 Å². The number of nitrogens with two attached hydrogens (primary N) is 1. The van der Waals surface area contributed by atoms with Gasteiger partial charge in [-0.15, -0.1) is 0 Å². The fourth-order valence-electron chi connectivity index (χ4n) is 3.51. The first kappa shape index (κ1) is 14.5. The van der Waals surface area contributed by atoms with Crippen LogP contribution >= 0.6 is 0 Å². The van der Waals surface area contributed by atoms with Crippen molar-refractivity contribution in [1.29, 1.82) is 0 Å². The zero-order chi connectivity index (χ0) is 15.0. The van der Waals surface area contributed by atoms with Gasteiger partial charge < -0.3 is 10.6 Å². The Morgan fingerprint density at radius 1 is 1.38 bits per heavy atom. The Morgan fingerprint density at radius 3 is 2.86 bits per heavy atom. The predicted octanol–water partition coefficient (Wildman–Crippen LogP) is 1.63. The third-order valence-corrected chi connectivity index (χ3v) is 5.14. The monoisotopic (exact) mass is 287 g/mol. The largest absolute Gasteiger partial charge is 0.330 e. The topological polar surface area (TPSA) is 49.6 Å². The van der Waals surface area contributed by atoms with Gasteiger partial charge in [-0.1, -0.05) is 25.1 Å². The standard InChI is InChI=1S/C17H25N3O/c1-13(19-10-8-17(2,11-18)12-19)16(21)20-9-7-14-5-3-4-6-15(14)20/h3-6,13H,7-12,18H2,1-2H3. The molecule has 2 aliphatic heterocycles. The Bertz CT molecular complexity index is 545. The van der Waals surface area contributed by atoms with Crippen molar-refractivity contribution < 1.29 is 4.79 Å². The lowest BCUT2D eigenvalue weighted by Crippen LogP contribution is -2.47. The lowest BCUT2D eigenvalue weighted by Gasteiger charge is -2.29. The maximum absolute atomic E-state index is 12.8. The highest BCUT2D eigenvalue weighted by atomic mass is 16.2. The van der Waals surface area contributed by atoms with E-state index in [1.807, 2.05) is 24.0 Å². The minimum Gasteiger partial charge on any atom is -0.330 e. The first-order chi connectivity index (χ1) is 10.0. The maximum atomic E-state index is 12.8. The zero-order valence-corrected chi connectivity index (χ0v) is 13.0. The molecule has 3 rings (SSSR count). The molecule has 1 aromatic carbocycles. The molecule has 0 radical (unpaired) electrons. The fourth-order valence-corrected chi connectivity index (χ4v) is 3.51. The third kappa shape index (κ3) is 2.58. The van der Waals surface area contributed by atoms with Crippen LogP contribution in [0.1, 0.15) is 25.8 Å². The number of anilines is 1. The number of carbonyl (C=O) groups excluding carboxylic acids is 1. The Hall–Kier alpha value is -1.39. The average Bonchev–Trinajstić information content (AvgIpc) is 3.10. The van der Waals surface area contributed by atoms with E-state index in [1.54, 1.807) is 0 Å². The van der Waals surface area contributed by atoms with Gasteiger partial charge in [0.2, 0.25) is 5.91 Å². The molecule has 2 heterocycles. The first-order valence-corrected chi connectivity index (χ1v) is 7.87. The second-order valence-electron chi connectivity index (χ2n) is 6.78. The minimum absolute atomic E-state index is 0.0652. The van der Waals surface area contributed by atoms with Crippen LogP contribution in [0.25, 0.3) is 0 Å². The quantitative estimate of drug-likeness (QED) is 0.919. The molecule has 0 aliphatic carbocycles. The van der Waals surface area contributed by atoms with Gasteiger partial charge in [-0.2, -0.15) is 0 Å². The highest BCUT2D eigenvalue weighted by Crippen LogP contribution is 2.32. The van der Waals surface area contributed by atoms with Gasteiger partial charge in [-0.3, -0.25) is 9.69 Å². The average molecular weight is 287 g/mol. The number of amides is 1. The minimum atomic E-state index is -0.0652. The number of carbonyl (C=O) groups is 1. The molecular weight excluding hydrogens is 262 g/mol. The molecule has 1 fully saturated rings. The van der Waals surface area contributed by atoms with E-state index in [0.29, 0.717) is 6.54 Å². The van der Waals surface area contributed by atoms with Gasteiger partial charge in [-0.25, -0.2) is 0 Å². The molecule has 2 N–H and O–H groups in total. The SMILES string of the molecule is CC(C(=O)N1CCc2ccccc21)N1CCC(C)(CN)C1. The van der Waals surface area contributed by atoms with Crippen molar-refractivity contribution in [2.24, 2.45) is 11.1 Å². The van der Waals surface area contributed by atoms with E-state index in [4.69, 9.17) is 5.73 Å². The molecule has 1 aromatic rings. The van der Waals surface area contributed by atoms with Crippen molar-refractivity contribution in [3.63, 3.8) is 0 Å². The summed E-state index contributed by atoms with van der Waals surface area (Å²) in [4.78, 5) is 17.1. The number of para-hydroxylation sites is 1. The molecule has 4 heteroatoms. The summed E-state index contributed by atoms with van der Waals surface area (Å²) < 4.78 is 0. The second kappa shape index (κ2) is 5.43. The Kier molecular flexibility index (Phi) is 3.76. The summed E-state index contributed by atoms with van der Waals surface area (Å²) >= 11 is 0. The van der Waals surface area contributed by atoms with E-state index >= 15 is 0 Å². The normalized spacial score (nSPS) is 26.9. The summed E-state index contributed by atoms with van der Waals surface area (Å²) in [5.41, 5.74) is 8.41. The first-order valence-electron chi connectivity index (χ1n) is 7.87. The second-order valence-corrected chi connectivity index (χ2v) is 6.78. The van der Waals surface area contributed by atoms with Crippen LogP contribution in [0.3, 0.4) is 0 Å². The number of hydrogen-bond donors (Lipinski definition) is 1. The van der Waals surface area contributed by atoms with E-state index in [9.17, 15) is 4.79 Å². The van der Waals surface area contributed by atoms with Gasteiger partial charge in [-0.05, 0) is 49.9 Å². The van der Waals surface area contributed by atoms with E-state index in [0.717, 1.165) is 38.2 Å². The van der Waals surface area contributed by atoms with E-state index in [1.165, 1.54) is 5.56 Å². The lowest BCUT2D eigenvalue weighted by atomic mass is 9.90. The summed E-state index contributed by atoms with van der Waals surface area (Å²) in [6.45, 7) is 7.64. The molecule has 2 aliphatic rings. The molecule has 0 bridgehead atoms. The molecule has 1 amide bonds.